The Morgan fingerprint density at radius 1 is 1.47 bits per heavy atom. The summed E-state index contributed by atoms with van der Waals surface area (Å²) >= 11 is 0. The molecule has 15 heavy (non-hydrogen) atoms. The molecule has 0 heterocycles. The topological polar surface area (TPSA) is 55.4 Å². The number of terminal acetylenes is 1. The van der Waals surface area contributed by atoms with Gasteiger partial charge in [-0.1, -0.05) is 5.92 Å². The van der Waals surface area contributed by atoms with Crippen molar-refractivity contribution in [3.8, 4) is 12.3 Å². The second-order valence-corrected chi connectivity index (χ2v) is 3.34. The van der Waals surface area contributed by atoms with E-state index >= 15 is 0 Å². The van der Waals surface area contributed by atoms with Crippen molar-refractivity contribution in [1.29, 1.82) is 0 Å². The second kappa shape index (κ2) is 5.86. The van der Waals surface area contributed by atoms with Crippen LogP contribution in [0.5, 0.6) is 0 Å². The van der Waals surface area contributed by atoms with Gasteiger partial charge < -0.3 is 10.1 Å². The van der Waals surface area contributed by atoms with Crippen molar-refractivity contribution >= 4 is 11.9 Å². The minimum Gasteiger partial charge on any atom is -0.463 e. The highest BCUT2D eigenvalue weighted by atomic mass is 16.5. The highest BCUT2D eigenvalue weighted by molar-refractivity contribution is 5.95. The smallest absolute Gasteiger partial charge is 0.330 e. The predicted molar refractivity (Wildman–Crippen MR) is 56.8 cm³/mol. The van der Waals surface area contributed by atoms with Gasteiger partial charge in [-0.15, -0.1) is 6.42 Å². The first kappa shape index (κ1) is 13.2. The molecule has 0 fully saturated rings. The summed E-state index contributed by atoms with van der Waals surface area (Å²) in [7, 11) is 0. The number of carbonyl (C=O) groups is 2. The van der Waals surface area contributed by atoms with Crippen molar-refractivity contribution < 1.29 is 14.3 Å². The number of carbonyl (C=O) groups excluding carboxylic acids is 2. The van der Waals surface area contributed by atoms with E-state index in [1.54, 1.807) is 20.8 Å². The third kappa shape index (κ3) is 6.33. The van der Waals surface area contributed by atoms with Crippen molar-refractivity contribution in [2.75, 3.05) is 6.61 Å². The summed E-state index contributed by atoms with van der Waals surface area (Å²) in [6.07, 6.45) is 7.33. The van der Waals surface area contributed by atoms with Crippen LogP contribution in [0.3, 0.4) is 0 Å². The first-order valence-corrected chi connectivity index (χ1v) is 4.56. The first-order chi connectivity index (χ1) is 6.91. The number of hydrogen-bond donors (Lipinski definition) is 1. The maximum Gasteiger partial charge on any atom is 0.330 e. The molecule has 1 N–H and O–H groups in total. The average molecular weight is 209 g/mol. The summed E-state index contributed by atoms with van der Waals surface area (Å²) in [4.78, 5) is 22.1. The number of amides is 1. The number of hydrogen-bond acceptors (Lipinski definition) is 3. The number of nitrogens with one attached hydrogen (secondary N) is 1. The van der Waals surface area contributed by atoms with Crippen LogP contribution in [0, 0.1) is 12.3 Å². The lowest BCUT2D eigenvalue weighted by molar-refractivity contribution is -0.137. The third-order valence-corrected chi connectivity index (χ3v) is 1.45. The lowest BCUT2D eigenvalue weighted by atomic mass is 10.1. The molecule has 0 spiro atoms. The van der Waals surface area contributed by atoms with E-state index in [1.807, 2.05) is 0 Å². The van der Waals surface area contributed by atoms with Gasteiger partial charge in [-0.05, 0) is 20.8 Å². The zero-order chi connectivity index (χ0) is 11.9. The fraction of sp³-hybridized carbons (Fsp3) is 0.455. The monoisotopic (exact) mass is 209 g/mol. The van der Waals surface area contributed by atoms with E-state index < -0.39 is 17.4 Å². The molecule has 0 saturated carbocycles. The van der Waals surface area contributed by atoms with Gasteiger partial charge in [-0.25, -0.2) is 4.79 Å². The second-order valence-electron chi connectivity index (χ2n) is 3.34. The molecule has 0 aliphatic rings. The van der Waals surface area contributed by atoms with E-state index in [2.05, 4.69) is 16.0 Å². The lowest BCUT2D eigenvalue weighted by Gasteiger charge is -2.17. The van der Waals surface area contributed by atoms with Gasteiger partial charge in [0.25, 0.3) is 0 Å². The summed E-state index contributed by atoms with van der Waals surface area (Å²) in [5.74, 6) is 1.43. The maximum absolute atomic E-state index is 11.2. The van der Waals surface area contributed by atoms with Gasteiger partial charge in [0, 0.05) is 12.2 Å². The van der Waals surface area contributed by atoms with Gasteiger partial charge in [0.05, 0.1) is 12.1 Å². The van der Waals surface area contributed by atoms with Gasteiger partial charge in [0.15, 0.2) is 0 Å². The van der Waals surface area contributed by atoms with E-state index in [4.69, 9.17) is 6.42 Å². The maximum atomic E-state index is 11.2. The van der Waals surface area contributed by atoms with E-state index in [-0.39, 0.29) is 6.61 Å². The molecule has 0 radical (unpaired) electrons. The van der Waals surface area contributed by atoms with Crippen LogP contribution in [0.15, 0.2) is 12.2 Å². The Labute approximate surface area is 89.7 Å². The van der Waals surface area contributed by atoms with E-state index in [1.165, 1.54) is 0 Å². The molecule has 0 saturated heterocycles. The van der Waals surface area contributed by atoms with Crippen LogP contribution in [0.25, 0.3) is 0 Å². The number of rotatable bonds is 4. The molecule has 0 bridgehead atoms. The van der Waals surface area contributed by atoms with Gasteiger partial charge >= 0.3 is 5.97 Å². The molecule has 82 valence electrons. The minimum absolute atomic E-state index is 0.278. The summed E-state index contributed by atoms with van der Waals surface area (Å²) in [6.45, 7) is 5.33. The Balaban J connectivity index is 4.17. The SMILES string of the molecule is C#CC(C)(C)NC(=O)/C=C/C(=O)OCC. The van der Waals surface area contributed by atoms with Gasteiger partial charge in [-0.3, -0.25) is 4.79 Å². The van der Waals surface area contributed by atoms with Gasteiger partial charge in [-0.2, -0.15) is 0 Å². The Morgan fingerprint density at radius 2 is 2.07 bits per heavy atom. The zero-order valence-electron chi connectivity index (χ0n) is 9.16. The van der Waals surface area contributed by atoms with Gasteiger partial charge in [0.2, 0.25) is 5.91 Å². The molecule has 4 nitrogen and oxygen atoms in total. The van der Waals surface area contributed by atoms with Crippen LogP contribution in [0.4, 0.5) is 0 Å². The molecular formula is C11H15NO3. The third-order valence-electron chi connectivity index (χ3n) is 1.45. The largest absolute Gasteiger partial charge is 0.463 e. The number of ether oxygens (including phenoxy) is 1. The van der Waals surface area contributed by atoms with Crippen LogP contribution in [-0.2, 0) is 14.3 Å². The first-order valence-electron chi connectivity index (χ1n) is 4.56. The summed E-state index contributed by atoms with van der Waals surface area (Å²) in [6, 6.07) is 0. The van der Waals surface area contributed by atoms with Crippen LogP contribution >= 0.6 is 0 Å². The van der Waals surface area contributed by atoms with E-state index in [0.717, 1.165) is 12.2 Å². The highest BCUT2D eigenvalue weighted by Crippen LogP contribution is 1.98. The molecule has 0 aromatic heterocycles. The standard InChI is InChI=1S/C11H15NO3/c1-5-11(3,4)12-9(13)7-8-10(14)15-6-2/h1,7-8H,6H2,2-4H3,(H,12,13)/b8-7+. The molecule has 0 aliphatic carbocycles. The Kier molecular flexibility index (Phi) is 5.18. The predicted octanol–water partition coefficient (Wildman–Crippen LogP) is 0.634. The molecule has 0 aromatic carbocycles. The van der Waals surface area contributed by atoms with Crippen molar-refractivity contribution in [2.45, 2.75) is 26.3 Å². The van der Waals surface area contributed by atoms with Crippen LogP contribution in [-0.4, -0.2) is 24.0 Å². The lowest BCUT2D eigenvalue weighted by Crippen LogP contribution is -2.41. The van der Waals surface area contributed by atoms with Crippen LogP contribution in [0.2, 0.25) is 0 Å². The molecular weight excluding hydrogens is 194 g/mol. The highest BCUT2D eigenvalue weighted by Gasteiger charge is 2.14. The minimum atomic E-state index is -0.726. The molecule has 0 unspecified atom stereocenters. The Bertz CT molecular complexity index is 310. The van der Waals surface area contributed by atoms with Gasteiger partial charge in [0.1, 0.15) is 0 Å². The van der Waals surface area contributed by atoms with Crippen molar-refractivity contribution in [1.82, 2.24) is 5.32 Å². The average Bonchev–Trinajstić information content (AvgIpc) is 2.15. The fourth-order valence-corrected chi connectivity index (χ4v) is 0.720. The van der Waals surface area contributed by atoms with Crippen molar-refractivity contribution in [2.24, 2.45) is 0 Å². The molecule has 0 aliphatic heterocycles. The molecule has 0 rings (SSSR count). The quantitative estimate of drug-likeness (QED) is 0.420. The zero-order valence-corrected chi connectivity index (χ0v) is 9.16. The molecule has 0 aromatic rings. The summed E-state index contributed by atoms with van der Waals surface area (Å²) in [5, 5.41) is 2.53. The van der Waals surface area contributed by atoms with Crippen molar-refractivity contribution in [3.63, 3.8) is 0 Å². The molecule has 4 heteroatoms. The summed E-state index contributed by atoms with van der Waals surface area (Å²) < 4.78 is 4.60. The molecule has 0 atom stereocenters. The van der Waals surface area contributed by atoms with Crippen LogP contribution < -0.4 is 5.32 Å². The van der Waals surface area contributed by atoms with E-state index in [9.17, 15) is 9.59 Å². The summed E-state index contributed by atoms with van der Waals surface area (Å²) in [5.41, 5.74) is -0.726. The fourth-order valence-electron chi connectivity index (χ4n) is 0.720. The van der Waals surface area contributed by atoms with Crippen LogP contribution in [0.1, 0.15) is 20.8 Å². The molecule has 1 amide bonds. The Morgan fingerprint density at radius 3 is 2.53 bits per heavy atom. The number of esters is 1. The normalized spacial score (nSPS) is 10.8. The Hall–Kier alpha value is -1.76. The van der Waals surface area contributed by atoms with E-state index in [0.29, 0.717) is 0 Å². The van der Waals surface area contributed by atoms with Crippen molar-refractivity contribution in [3.05, 3.63) is 12.2 Å².